The molecule has 0 bridgehead atoms. The molecule has 1 amide bonds. The molecular weight excluding hydrogens is 310 g/mol. The monoisotopic (exact) mass is 337 g/mol. The fourth-order valence-corrected chi connectivity index (χ4v) is 4.10. The number of methoxy groups -OCH3 is 2. The lowest BCUT2D eigenvalue weighted by molar-refractivity contribution is -0.119. The molecule has 0 aromatic heterocycles. The first-order valence-electron chi connectivity index (χ1n) is 8.27. The molecule has 0 spiro atoms. The molecule has 0 heterocycles. The van der Waals surface area contributed by atoms with Gasteiger partial charge in [-0.25, -0.2) is 0 Å². The molecule has 1 aromatic carbocycles. The molecular formula is C18H27NO3S. The van der Waals surface area contributed by atoms with E-state index in [0.717, 1.165) is 17.1 Å². The number of carbonyl (C=O) groups excluding carboxylic acids is 1. The Balaban J connectivity index is 1.89. The molecule has 1 N–H and O–H groups in total. The van der Waals surface area contributed by atoms with Crippen LogP contribution >= 0.6 is 11.8 Å². The van der Waals surface area contributed by atoms with Crippen molar-refractivity contribution < 1.29 is 14.3 Å². The van der Waals surface area contributed by atoms with Gasteiger partial charge >= 0.3 is 0 Å². The molecule has 1 fully saturated rings. The minimum Gasteiger partial charge on any atom is -0.497 e. The predicted octanol–water partition coefficient (Wildman–Crippen LogP) is 3.95. The summed E-state index contributed by atoms with van der Waals surface area (Å²) < 4.78 is 10.7. The van der Waals surface area contributed by atoms with Crippen molar-refractivity contribution in [1.29, 1.82) is 0 Å². The first-order chi connectivity index (χ1) is 11.1. The highest BCUT2D eigenvalue weighted by Crippen LogP contribution is 2.30. The van der Waals surface area contributed by atoms with E-state index in [2.05, 4.69) is 5.32 Å². The molecule has 1 saturated carbocycles. The Kier molecular flexibility index (Phi) is 7.09. The normalized spacial score (nSPS) is 16.7. The maximum absolute atomic E-state index is 12.2. The van der Waals surface area contributed by atoms with Crippen LogP contribution in [-0.4, -0.2) is 31.1 Å². The highest BCUT2D eigenvalue weighted by atomic mass is 32.2. The lowest BCUT2D eigenvalue weighted by Gasteiger charge is -2.22. The Morgan fingerprint density at radius 3 is 2.65 bits per heavy atom. The second-order valence-electron chi connectivity index (χ2n) is 5.97. The highest BCUT2D eigenvalue weighted by molar-refractivity contribution is 8.00. The van der Waals surface area contributed by atoms with Crippen LogP contribution < -0.4 is 14.8 Å². The number of hydrogen-bond acceptors (Lipinski definition) is 4. The Labute approximate surface area is 143 Å². The largest absolute Gasteiger partial charge is 0.497 e. The van der Waals surface area contributed by atoms with Crippen molar-refractivity contribution in [1.82, 2.24) is 5.32 Å². The van der Waals surface area contributed by atoms with Gasteiger partial charge in [0, 0.05) is 10.8 Å². The van der Waals surface area contributed by atoms with Gasteiger partial charge in [0.1, 0.15) is 11.5 Å². The number of thioether (sulfide) groups is 1. The first-order valence-corrected chi connectivity index (χ1v) is 9.31. The van der Waals surface area contributed by atoms with E-state index < -0.39 is 0 Å². The molecule has 5 heteroatoms. The van der Waals surface area contributed by atoms with Crippen LogP contribution in [0.3, 0.4) is 0 Å². The average Bonchev–Trinajstić information content (AvgIpc) is 2.60. The van der Waals surface area contributed by atoms with Gasteiger partial charge in [-0.1, -0.05) is 19.3 Å². The zero-order valence-corrected chi connectivity index (χ0v) is 15.1. The maximum atomic E-state index is 12.2. The number of rotatable bonds is 7. The lowest BCUT2D eigenvalue weighted by atomic mass is 10.0. The average molecular weight is 337 g/mol. The lowest BCUT2D eigenvalue weighted by Crippen LogP contribution is -2.29. The van der Waals surface area contributed by atoms with Gasteiger partial charge in [-0.2, -0.15) is 0 Å². The molecule has 4 nitrogen and oxygen atoms in total. The molecule has 1 aliphatic carbocycles. The van der Waals surface area contributed by atoms with Gasteiger partial charge in [-0.3, -0.25) is 4.79 Å². The second-order valence-corrected chi connectivity index (χ2v) is 7.26. The van der Waals surface area contributed by atoms with E-state index in [-0.39, 0.29) is 11.9 Å². The SMILES string of the molecule is COc1ccc(OC)c(C(C)NC(=O)CSC2CCCCC2)c1. The Hall–Kier alpha value is -1.36. The first kappa shape index (κ1) is 18.0. The third-order valence-electron chi connectivity index (χ3n) is 4.28. The van der Waals surface area contributed by atoms with E-state index >= 15 is 0 Å². The highest BCUT2D eigenvalue weighted by Gasteiger charge is 2.18. The summed E-state index contributed by atoms with van der Waals surface area (Å²) in [6.45, 7) is 1.97. The fourth-order valence-electron chi connectivity index (χ4n) is 2.96. The fraction of sp³-hybridized carbons (Fsp3) is 0.611. The van der Waals surface area contributed by atoms with Gasteiger partial charge in [0.05, 0.1) is 26.0 Å². The predicted molar refractivity (Wildman–Crippen MR) is 95.4 cm³/mol. The van der Waals surface area contributed by atoms with Gasteiger partial charge in [0.2, 0.25) is 5.91 Å². The molecule has 1 atom stereocenters. The van der Waals surface area contributed by atoms with Gasteiger partial charge in [0.15, 0.2) is 0 Å². The number of ether oxygens (including phenoxy) is 2. The van der Waals surface area contributed by atoms with E-state index in [1.165, 1.54) is 32.1 Å². The van der Waals surface area contributed by atoms with Crippen LogP contribution in [0.1, 0.15) is 50.6 Å². The van der Waals surface area contributed by atoms with Crippen LogP contribution in [0.5, 0.6) is 11.5 Å². The zero-order valence-electron chi connectivity index (χ0n) is 14.3. The van der Waals surface area contributed by atoms with Crippen molar-refractivity contribution in [3.63, 3.8) is 0 Å². The number of amides is 1. The van der Waals surface area contributed by atoms with E-state index in [1.807, 2.05) is 25.1 Å². The molecule has 128 valence electrons. The second kappa shape index (κ2) is 9.06. The minimum atomic E-state index is -0.112. The number of carbonyl (C=O) groups is 1. The van der Waals surface area contributed by atoms with Crippen LogP contribution in [0.25, 0.3) is 0 Å². The third kappa shape index (κ3) is 5.34. The molecule has 2 rings (SSSR count). The molecule has 0 aliphatic heterocycles. The third-order valence-corrected chi connectivity index (χ3v) is 5.65. The summed E-state index contributed by atoms with van der Waals surface area (Å²) in [5.41, 5.74) is 0.933. The van der Waals surface area contributed by atoms with Crippen LogP contribution in [0.2, 0.25) is 0 Å². The zero-order chi connectivity index (χ0) is 16.7. The van der Waals surface area contributed by atoms with Crippen molar-refractivity contribution >= 4 is 17.7 Å². The summed E-state index contributed by atoms with van der Waals surface area (Å²) in [6, 6.07) is 5.53. The number of hydrogen-bond donors (Lipinski definition) is 1. The van der Waals surface area contributed by atoms with Gasteiger partial charge in [0.25, 0.3) is 0 Å². The van der Waals surface area contributed by atoms with Crippen molar-refractivity contribution in [3.8, 4) is 11.5 Å². The smallest absolute Gasteiger partial charge is 0.230 e. The Bertz CT molecular complexity index is 515. The van der Waals surface area contributed by atoms with Crippen LogP contribution in [0, 0.1) is 0 Å². The molecule has 23 heavy (non-hydrogen) atoms. The molecule has 0 radical (unpaired) electrons. The standard InChI is InChI=1S/C18H27NO3S/c1-13(16-11-14(21-2)9-10-17(16)22-3)19-18(20)12-23-15-7-5-4-6-8-15/h9-11,13,15H,4-8,12H2,1-3H3,(H,19,20). The van der Waals surface area contributed by atoms with E-state index in [4.69, 9.17) is 9.47 Å². The molecule has 0 saturated heterocycles. The maximum Gasteiger partial charge on any atom is 0.230 e. The number of benzene rings is 1. The van der Waals surface area contributed by atoms with Crippen LogP contribution in [-0.2, 0) is 4.79 Å². The van der Waals surface area contributed by atoms with Gasteiger partial charge < -0.3 is 14.8 Å². The van der Waals surface area contributed by atoms with Crippen molar-refractivity contribution in [2.24, 2.45) is 0 Å². The summed E-state index contributed by atoms with van der Waals surface area (Å²) in [7, 11) is 3.27. The number of nitrogens with one attached hydrogen (secondary N) is 1. The van der Waals surface area contributed by atoms with Gasteiger partial charge in [-0.05, 0) is 38.0 Å². The van der Waals surface area contributed by atoms with Gasteiger partial charge in [-0.15, -0.1) is 11.8 Å². The van der Waals surface area contributed by atoms with E-state index in [0.29, 0.717) is 11.0 Å². The van der Waals surface area contributed by atoms with Crippen LogP contribution in [0.4, 0.5) is 0 Å². The molecule has 1 aromatic rings. The van der Waals surface area contributed by atoms with E-state index in [9.17, 15) is 4.79 Å². The van der Waals surface area contributed by atoms with Crippen molar-refractivity contribution in [3.05, 3.63) is 23.8 Å². The van der Waals surface area contributed by atoms with Crippen LogP contribution in [0.15, 0.2) is 18.2 Å². The summed E-state index contributed by atoms with van der Waals surface area (Å²) >= 11 is 1.79. The quantitative estimate of drug-likeness (QED) is 0.818. The minimum absolute atomic E-state index is 0.0814. The van der Waals surface area contributed by atoms with Crippen molar-refractivity contribution in [2.75, 3.05) is 20.0 Å². The summed E-state index contributed by atoms with van der Waals surface area (Å²) in [6.07, 6.45) is 6.44. The molecule has 1 aliphatic rings. The Morgan fingerprint density at radius 2 is 2.00 bits per heavy atom. The summed E-state index contributed by atoms with van der Waals surface area (Å²) in [4.78, 5) is 12.2. The summed E-state index contributed by atoms with van der Waals surface area (Å²) in [5.74, 6) is 2.14. The molecule has 1 unspecified atom stereocenters. The Morgan fingerprint density at radius 1 is 1.26 bits per heavy atom. The summed E-state index contributed by atoms with van der Waals surface area (Å²) in [5, 5.41) is 3.72. The van der Waals surface area contributed by atoms with E-state index in [1.54, 1.807) is 26.0 Å². The topological polar surface area (TPSA) is 47.6 Å². The van der Waals surface area contributed by atoms with Crippen molar-refractivity contribution in [2.45, 2.75) is 50.3 Å².